The summed E-state index contributed by atoms with van der Waals surface area (Å²) in [5, 5.41) is 6.76. The number of fused-ring (bicyclic) bond motifs is 2. The van der Waals surface area contributed by atoms with Crippen LogP contribution in [-0.4, -0.2) is 50.9 Å². The van der Waals surface area contributed by atoms with Crippen molar-refractivity contribution in [3.05, 3.63) is 46.8 Å². The average molecular weight is 518 g/mol. The Labute approximate surface area is 212 Å². The van der Waals surface area contributed by atoms with E-state index in [1.807, 2.05) is 0 Å². The molecule has 3 fully saturated rings. The number of ether oxygens (including phenoxy) is 1. The van der Waals surface area contributed by atoms with E-state index in [1.165, 1.54) is 37.0 Å². The Morgan fingerprint density at radius 3 is 2.77 bits per heavy atom. The van der Waals surface area contributed by atoms with Crippen LogP contribution in [0.4, 0.5) is 0 Å². The molecule has 2 saturated carbocycles. The van der Waals surface area contributed by atoms with Crippen molar-refractivity contribution >= 4 is 27.3 Å². The maximum Gasteiger partial charge on any atom is 0.252 e. The Balaban J connectivity index is 1.15. The molecule has 2 aliphatic carbocycles. The second kappa shape index (κ2) is 10.6. The molecule has 4 atom stereocenters. The lowest BCUT2D eigenvalue weighted by molar-refractivity contribution is 0.0951. The molecule has 1 saturated heterocycles. The zero-order valence-electron chi connectivity index (χ0n) is 20.2. The van der Waals surface area contributed by atoms with E-state index in [4.69, 9.17) is 4.74 Å². The molecule has 35 heavy (non-hydrogen) atoms. The number of amides is 1. The number of rotatable bonds is 8. The van der Waals surface area contributed by atoms with Crippen LogP contribution >= 0.6 is 11.3 Å². The predicted octanol–water partition coefficient (Wildman–Crippen LogP) is 4.01. The van der Waals surface area contributed by atoms with Gasteiger partial charge in [0.2, 0.25) is 0 Å². The van der Waals surface area contributed by atoms with Crippen molar-refractivity contribution in [2.75, 3.05) is 20.2 Å². The Morgan fingerprint density at radius 2 is 2.00 bits per heavy atom. The van der Waals surface area contributed by atoms with Gasteiger partial charge in [-0.15, -0.1) is 11.3 Å². The first-order chi connectivity index (χ1) is 16.9. The number of thiophene rings is 1. The fraction of sp³-hybridized carbons (Fsp3) is 0.577. The third kappa shape index (κ3) is 5.58. The van der Waals surface area contributed by atoms with E-state index in [-0.39, 0.29) is 12.5 Å². The highest BCUT2D eigenvalue weighted by molar-refractivity contribution is 7.91. The zero-order valence-corrected chi connectivity index (χ0v) is 21.9. The van der Waals surface area contributed by atoms with E-state index in [0.29, 0.717) is 40.7 Å². The highest BCUT2D eigenvalue weighted by Gasteiger charge is 2.40. The molecule has 7 nitrogen and oxygen atoms in total. The number of carbonyl (C=O) groups is 1. The van der Waals surface area contributed by atoms with Crippen LogP contribution in [0.3, 0.4) is 0 Å². The van der Waals surface area contributed by atoms with E-state index in [1.54, 1.807) is 47.8 Å². The monoisotopic (exact) mass is 517 g/mol. The van der Waals surface area contributed by atoms with E-state index in [0.717, 1.165) is 36.0 Å². The van der Waals surface area contributed by atoms with E-state index < -0.39 is 10.0 Å². The molecule has 9 heteroatoms. The summed E-state index contributed by atoms with van der Waals surface area (Å²) in [5.41, 5.74) is 0.506. The van der Waals surface area contributed by atoms with Crippen molar-refractivity contribution in [1.29, 1.82) is 0 Å². The summed E-state index contributed by atoms with van der Waals surface area (Å²) < 4.78 is 33.9. The first kappa shape index (κ1) is 24.7. The SMILES string of the molecule is COc1cccc(C(=O)NCc2ccc(S(=O)(=O)N3CCCC(N[C@@H]4C[C@H]5CC[C@@H]4C5)CC3)s2)c1. The molecule has 2 bridgehead atoms. The molecule has 2 heterocycles. The van der Waals surface area contributed by atoms with Crippen molar-refractivity contribution in [2.45, 2.75) is 67.8 Å². The molecule has 2 N–H and O–H groups in total. The molecule has 190 valence electrons. The Morgan fingerprint density at radius 1 is 1.11 bits per heavy atom. The fourth-order valence-electron chi connectivity index (χ4n) is 5.98. The summed E-state index contributed by atoms with van der Waals surface area (Å²) in [6.07, 6.45) is 8.21. The summed E-state index contributed by atoms with van der Waals surface area (Å²) in [7, 11) is -1.97. The smallest absolute Gasteiger partial charge is 0.252 e. The fourth-order valence-corrected chi connectivity index (χ4v) is 8.92. The number of nitrogens with one attached hydrogen (secondary N) is 2. The molecule has 2 aromatic rings. The van der Waals surface area contributed by atoms with Gasteiger partial charge in [-0.1, -0.05) is 12.5 Å². The minimum Gasteiger partial charge on any atom is -0.497 e. The van der Waals surface area contributed by atoms with Gasteiger partial charge in [0.15, 0.2) is 0 Å². The molecular weight excluding hydrogens is 482 g/mol. The van der Waals surface area contributed by atoms with Gasteiger partial charge in [0.25, 0.3) is 15.9 Å². The van der Waals surface area contributed by atoms with Gasteiger partial charge in [0.05, 0.1) is 13.7 Å². The van der Waals surface area contributed by atoms with Crippen LogP contribution in [0.1, 0.15) is 60.2 Å². The zero-order chi connectivity index (χ0) is 24.4. The maximum atomic E-state index is 13.4. The molecule has 0 spiro atoms. The normalized spacial score (nSPS) is 27.0. The van der Waals surface area contributed by atoms with E-state index in [9.17, 15) is 13.2 Å². The lowest BCUT2D eigenvalue weighted by Gasteiger charge is -2.28. The summed E-state index contributed by atoms with van der Waals surface area (Å²) >= 11 is 1.24. The van der Waals surface area contributed by atoms with Gasteiger partial charge in [-0.05, 0) is 80.7 Å². The van der Waals surface area contributed by atoms with Gasteiger partial charge in [-0.25, -0.2) is 8.42 Å². The third-order valence-corrected chi connectivity index (χ3v) is 11.3. The summed E-state index contributed by atoms with van der Waals surface area (Å²) in [6.45, 7) is 1.41. The molecule has 1 aliphatic heterocycles. The van der Waals surface area contributed by atoms with Gasteiger partial charge in [-0.2, -0.15) is 4.31 Å². The van der Waals surface area contributed by atoms with Crippen LogP contribution in [0.5, 0.6) is 5.75 Å². The van der Waals surface area contributed by atoms with Gasteiger partial charge >= 0.3 is 0 Å². The number of hydrogen-bond donors (Lipinski definition) is 2. The quantitative estimate of drug-likeness (QED) is 0.553. The van der Waals surface area contributed by atoms with Gasteiger partial charge in [0, 0.05) is 35.6 Å². The molecule has 1 amide bonds. The summed E-state index contributed by atoms with van der Waals surface area (Å²) in [5.74, 6) is 2.14. The predicted molar refractivity (Wildman–Crippen MR) is 137 cm³/mol. The second-order valence-corrected chi connectivity index (χ2v) is 13.4. The lowest BCUT2D eigenvalue weighted by atomic mass is 9.94. The maximum absolute atomic E-state index is 13.4. The molecule has 0 radical (unpaired) electrons. The largest absolute Gasteiger partial charge is 0.497 e. The molecular formula is C26H35N3O4S2. The summed E-state index contributed by atoms with van der Waals surface area (Å²) in [4.78, 5) is 13.3. The van der Waals surface area contributed by atoms with Crippen LogP contribution in [0.25, 0.3) is 0 Å². The van der Waals surface area contributed by atoms with Crippen molar-refractivity contribution in [3.63, 3.8) is 0 Å². The summed E-state index contributed by atoms with van der Waals surface area (Å²) in [6, 6.07) is 11.5. The first-order valence-corrected chi connectivity index (χ1v) is 14.9. The van der Waals surface area contributed by atoms with Crippen LogP contribution in [0.2, 0.25) is 0 Å². The number of carbonyl (C=O) groups excluding carboxylic acids is 1. The lowest BCUT2D eigenvalue weighted by Crippen LogP contribution is -2.42. The number of nitrogens with zero attached hydrogens (tertiary/aromatic N) is 1. The number of methoxy groups -OCH3 is 1. The van der Waals surface area contributed by atoms with Crippen molar-refractivity contribution in [3.8, 4) is 5.75 Å². The highest BCUT2D eigenvalue weighted by atomic mass is 32.2. The number of benzene rings is 1. The first-order valence-electron chi connectivity index (χ1n) is 12.7. The number of hydrogen-bond acceptors (Lipinski definition) is 6. The van der Waals surface area contributed by atoms with Gasteiger partial charge < -0.3 is 15.4 Å². The van der Waals surface area contributed by atoms with Crippen LogP contribution < -0.4 is 15.4 Å². The van der Waals surface area contributed by atoms with Crippen LogP contribution in [0.15, 0.2) is 40.6 Å². The number of sulfonamides is 1. The minimum atomic E-state index is -3.53. The second-order valence-electron chi connectivity index (χ2n) is 10.1. The Hall–Kier alpha value is -1.94. The Bertz CT molecular complexity index is 1150. The molecule has 3 aliphatic rings. The topological polar surface area (TPSA) is 87.7 Å². The minimum absolute atomic E-state index is 0.219. The molecule has 1 aromatic carbocycles. The molecule has 1 unspecified atom stereocenters. The van der Waals surface area contributed by atoms with Gasteiger partial charge in [0.1, 0.15) is 9.96 Å². The van der Waals surface area contributed by atoms with E-state index >= 15 is 0 Å². The van der Waals surface area contributed by atoms with E-state index in [2.05, 4.69) is 10.6 Å². The highest BCUT2D eigenvalue weighted by Crippen LogP contribution is 2.44. The van der Waals surface area contributed by atoms with Crippen LogP contribution in [0, 0.1) is 11.8 Å². The van der Waals surface area contributed by atoms with Crippen molar-refractivity contribution < 1.29 is 17.9 Å². The Kier molecular flexibility index (Phi) is 7.48. The standard InChI is InChI=1S/C26H35N3O4S2/c1-33-22-6-2-4-20(16-22)26(30)27-17-23-9-10-25(34-23)35(31,32)29-12-3-5-21(11-13-29)28-24-15-18-7-8-19(24)14-18/h2,4,6,9-10,16,18-19,21,24,28H,3,5,7-8,11-15,17H2,1H3,(H,27,30)/t18-,19+,21?,24+/m0/s1. The van der Waals surface area contributed by atoms with Crippen LogP contribution in [-0.2, 0) is 16.6 Å². The van der Waals surface area contributed by atoms with Crippen molar-refractivity contribution in [2.24, 2.45) is 11.8 Å². The average Bonchev–Trinajstić information content (AvgIpc) is 3.58. The van der Waals surface area contributed by atoms with Gasteiger partial charge in [-0.3, -0.25) is 4.79 Å². The van der Waals surface area contributed by atoms with Crippen molar-refractivity contribution in [1.82, 2.24) is 14.9 Å². The molecule has 5 rings (SSSR count). The third-order valence-electron chi connectivity index (χ3n) is 7.86. The molecule has 1 aromatic heterocycles.